The Bertz CT molecular complexity index is 157. The normalized spacial score (nSPS) is 16.2. The molecule has 0 spiro atoms. The topological polar surface area (TPSA) is 53.8 Å². The molecular formula is C4H5N3O. The number of aliphatic imine (C=N–C) groups is 1. The van der Waals surface area contributed by atoms with E-state index in [1.165, 1.54) is 6.08 Å². The van der Waals surface area contributed by atoms with Crippen LogP contribution in [0.4, 0.5) is 0 Å². The molecule has 0 fully saturated rings. The van der Waals surface area contributed by atoms with Gasteiger partial charge < -0.3 is 5.43 Å². The molecule has 0 atom stereocenters. The molecule has 1 N–H and O–H groups in total. The Hall–Kier alpha value is -1.15. The Labute approximate surface area is 46.3 Å². The van der Waals surface area contributed by atoms with Crippen molar-refractivity contribution in [3.05, 3.63) is 0 Å². The molecule has 8 heavy (non-hydrogen) atoms. The van der Waals surface area contributed by atoms with Gasteiger partial charge in [-0.2, -0.15) is 10.1 Å². The first-order valence-electron chi connectivity index (χ1n) is 2.31. The summed E-state index contributed by atoms with van der Waals surface area (Å²) >= 11 is 0. The third-order valence-corrected chi connectivity index (χ3v) is 0.843. The van der Waals surface area contributed by atoms with Crippen molar-refractivity contribution in [3.8, 4) is 0 Å². The lowest BCUT2D eigenvalue weighted by molar-refractivity contribution is 0.565. The predicted molar refractivity (Wildman–Crippen MR) is 28.2 cm³/mol. The van der Waals surface area contributed by atoms with Gasteiger partial charge in [0.15, 0.2) is 5.84 Å². The number of rotatable bonds is 0. The van der Waals surface area contributed by atoms with Gasteiger partial charge in [-0.1, -0.05) is 0 Å². The zero-order valence-corrected chi connectivity index (χ0v) is 4.22. The number of hydrogen-bond donors (Lipinski definition) is 1. The highest BCUT2D eigenvalue weighted by molar-refractivity contribution is 5.87. The largest absolute Gasteiger partial charge is 0.308 e. The summed E-state index contributed by atoms with van der Waals surface area (Å²) in [4.78, 5) is 12.9. The predicted octanol–water partition coefficient (Wildman–Crippen LogP) is -0.371. The average molecular weight is 111 g/mol. The first-order valence-corrected chi connectivity index (χ1v) is 2.31. The first-order chi connectivity index (χ1) is 3.93. The molecule has 0 bridgehead atoms. The first kappa shape index (κ1) is 5.00. The van der Waals surface area contributed by atoms with Crippen LogP contribution in [0.1, 0.15) is 6.42 Å². The lowest BCUT2D eigenvalue weighted by Crippen LogP contribution is -1.96. The number of nitrogens with one attached hydrogen (secondary N) is 1. The van der Waals surface area contributed by atoms with Gasteiger partial charge in [-0.15, -0.1) is 0 Å². The number of hydrazone groups is 1. The smallest absolute Gasteiger partial charge is 0.241 e. The second kappa shape index (κ2) is 2.23. The van der Waals surface area contributed by atoms with E-state index in [4.69, 9.17) is 0 Å². The molecule has 4 heteroatoms. The van der Waals surface area contributed by atoms with E-state index >= 15 is 0 Å². The van der Waals surface area contributed by atoms with Crippen LogP contribution < -0.4 is 5.43 Å². The van der Waals surface area contributed by atoms with Gasteiger partial charge in [0.25, 0.3) is 0 Å². The van der Waals surface area contributed by atoms with Crippen molar-refractivity contribution in [1.29, 1.82) is 0 Å². The Kier molecular flexibility index (Phi) is 1.39. The van der Waals surface area contributed by atoms with E-state index in [-0.39, 0.29) is 0 Å². The molecule has 0 aromatic carbocycles. The highest BCUT2D eigenvalue weighted by atomic mass is 16.1. The molecule has 1 aliphatic rings. The fourth-order valence-electron chi connectivity index (χ4n) is 0.504. The highest BCUT2D eigenvalue weighted by Crippen LogP contribution is 1.91. The van der Waals surface area contributed by atoms with E-state index in [0.29, 0.717) is 5.84 Å². The molecule has 1 heterocycles. The van der Waals surface area contributed by atoms with Crippen LogP contribution in [-0.2, 0) is 4.79 Å². The molecule has 0 saturated carbocycles. The summed E-state index contributed by atoms with van der Waals surface area (Å²) < 4.78 is 0. The molecule has 0 unspecified atom stereocenters. The summed E-state index contributed by atoms with van der Waals surface area (Å²) in [5.41, 5.74) is 2.67. The van der Waals surface area contributed by atoms with Gasteiger partial charge >= 0.3 is 0 Å². The number of isocyanates is 1. The van der Waals surface area contributed by atoms with Crippen LogP contribution in [0.3, 0.4) is 0 Å². The third kappa shape index (κ3) is 0.918. The molecule has 42 valence electrons. The molecule has 1 aliphatic heterocycles. The molecule has 0 amide bonds. The molecule has 0 aromatic heterocycles. The molecule has 0 aromatic rings. The van der Waals surface area contributed by atoms with Crippen molar-refractivity contribution in [3.63, 3.8) is 0 Å². The Morgan fingerprint density at radius 3 is 3.25 bits per heavy atom. The van der Waals surface area contributed by atoms with Crippen LogP contribution in [0.15, 0.2) is 10.1 Å². The van der Waals surface area contributed by atoms with Crippen LogP contribution in [0.5, 0.6) is 0 Å². The molecule has 1 rings (SSSR count). The fourth-order valence-corrected chi connectivity index (χ4v) is 0.504. The third-order valence-electron chi connectivity index (χ3n) is 0.843. The van der Waals surface area contributed by atoms with Gasteiger partial charge in [0.2, 0.25) is 6.08 Å². The standard InChI is InChI=1S/C4H5N3O/c8-3-5-4-1-2-6-7-4/h6H,1-2H2. The van der Waals surface area contributed by atoms with Gasteiger partial charge in [0.1, 0.15) is 0 Å². The van der Waals surface area contributed by atoms with Crippen LogP contribution in [-0.4, -0.2) is 18.5 Å². The minimum absolute atomic E-state index is 0.542. The van der Waals surface area contributed by atoms with Gasteiger partial charge in [0.05, 0.1) is 0 Å². The quantitative estimate of drug-likeness (QED) is 0.342. The van der Waals surface area contributed by atoms with Crippen LogP contribution in [0.25, 0.3) is 0 Å². The van der Waals surface area contributed by atoms with Crippen molar-refractivity contribution >= 4 is 11.9 Å². The van der Waals surface area contributed by atoms with E-state index in [1.54, 1.807) is 0 Å². The van der Waals surface area contributed by atoms with Gasteiger partial charge in [0, 0.05) is 13.0 Å². The van der Waals surface area contributed by atoms with E-state index in [9.17, 15) is 4.79 Å². The van der Waals surface area contributed by atoms with E-state index in [0.717, 1.165) is 13.0 Å². The van der Waals surface area contributed by atoms with Gasteiger partial charge in [-0.05, 0) is 0 Å². The van der Waals surface area contributed by atoms with Crippen molar-refractivity contribution in [2.24, 2.45) is 10.1 Å². The maximum absolute atomic E-state index is 9.56. The zero-order valence-electron chi connectivity index (χ0n) is 4.22. The molecule has 0 aliphatic carbocycles. The minimum atomic E-state index is 0.542. The Balaban J connectivity index is 2.57. The number of amidine groups is 1. The van der Waals surface area contributed by atoms with Crippen molar-refractivity contribution in [2.75, 3.05) is 6.54 Å². The number of carbonyl (C=O) groups excluding carboxylic acids is 1. The highest BCUT2D eigenvalue weighted by Gasteiger charge is 2.01. The van der Waals surface area contributed by atoms with Gasteiger partial charge in [-0.25, -0.2) is 4.79 Å². The Morgan fingerprint density at radius 2 is 2.75 bits per heavy atom. The van der Waals surface area contributed by atoms with E-state index in [2.05, 4.69) is 15.5 Å². The zero-order chi connectivity index (χ0) is 5.82. The summed E-state index contributed by atoms with van der Waals surface area (Å²) in [6.45, 7) is 0.778. The van der Waals surface area contributed by atoms with E-state index in [1.807, 2.05) is 0 Å². The number of nitrogens with zero attached hydrogens (tertiary/aromatic N) is 2. The van der Waals surface area contributed by atoms with Crippen LogP contribution in [0, 0.1) is 0 Å². The summed E-state index contributed by atoms with van der Waals surface area (Å²) in [5, 5.41) is 3.66. The molecule has 0 radical (unpaired) electrons. The van der Waals surface area contributed by atoms with Gasteiger partial charge in [-0.3, -0.25) is 0 Å². The summed E-state index contributed by atoms with van der Waals surface area (Å²) in [6.07, 6.45) is 2.15. The maximum atomic E-state index is 9.56. The second-order valence-electron chi connectivity index (χ2n) is 1.39. The second-order valence-corrected chi connectivity index (χ2v) is 1.39. The van der Waals surface area contributed by atoms with Crippen molar-refractivity contribution in [1.82, 2.24) is 5.43 Å². The maximum Gasteiger partial charge on any atom is 0.241 e. The lowest BCUT2D eigenvalue weighted by Gasteiger charge is -1.75. The average Bonchev–Trinajstić information content (AvgIpc) is 2.19. The van der Waals surface area contributed by atoms with Crippen molar-refractivity contribution in [2.45, 2.75) is 6.42 Å². The monoisotopic (exact) mass is 111 g/mol. The summed E-state index contributed by atoms with van der Waals surface area (Å²) in [7, 11) is 0. The summed E-state index contributed by atoms with van der Waals surface area (Å²) in [5.74, 6) is 0.542. The lowest BCUT2D eigenvalue weighted by atomic mass is 10.4. The van der Waals surface area contributed by atoms with Crippen LogP contribution >= 0.6 is 0 Å². The van der Waals surface area contributed by atoms with Crippen molar-refractivity contribution < 1.29 is 4.79 Å². The molecule has 4 nitrogen and oxygen atoms in total. The van der Waals surface area contributed by atoms with Crippen LogP contribution in [0.2, 0.25) is 0 Å². The Morgan fingerprint density at radius 1 is 1.88 bits per heavy atom. The molecule has 0 saturated heterocycles. The number of hydrogen-bond acceptors (Lipinski definition) is 4. The van der Waals surface area contributed by atoms with E-state index < -0.39 is 0 Å². The summed E-state index contributed by atoms with van der Waals surface area (Å²) in [6, 6.07) is 0. The fraction of sp³-hybridized carbons (Fsp3) is 0.500. The molecular weight excluding hydrogens is 106 g/mol. The SMILES string of the molecule is O=C=NC1=NNCC1. The minimum Gasteiger partial charge on any atom is -0.308 e.